The Morgan fingerprint density at radius 1 is 0.955 bits per heavy atom. The maximum Gasteiger partial charge on any atom is 0.238 e. The van der Waals surface area contributed by atoms with Crippen LogP contribution in [0.2, 0.25) is 5.02 Å². The van der Waals surface area contributed by atoms with Crippen molar-refractivity contribution in [3.05, 3.63) is 65.8 Å². The average molecular weight is 334 g/mol. The number of sulfonamides is 1. The van der Waals surface area contributed by atoms with Gasteiger partial charge in [-0.15, -0.1) is 0 Å². The van der Waals surface area contributed by atoms with Crippen LogP contribution in [0.1, 0.15) is 0 Å². The van der Waals surface area contributed by atoms with Crippen molar-refractivity contribution in [2.45, 2.75) is 4.90 Å². The van der Waals surface area contributed by atoms with E-state index in [-0.39, 0.29) is 4.90 Å². The Morgan fingerprint density at radius 2 is 1.59 bits per heavy atom. The normalized spacial score (nSPS) is 11.5. The molecule has 5 nitrogen and oxygen atoms in total. The number of halogens is 1. The third kappa shape index (κ3) is 3.04. The first kappa shape index (κ1) is 14.8. The zero-order valence-electron chi connectivity index (χ0n) is 11.3. The van der Waals surface area contributed by atoms with E-state index in [1.54, 1.807) is 35.1 Å². The predicted molar refractivity (Wildman–Crippen MR) is 85.4 cm³/mol. The van der Waals surface area contributed by atoms with Crippen LogP contribution in [0.15, 0.2) is 65.7 Å². The van der Waals surface area contributed by atoms with Crippen LogP contribution in [0.4, 0.5) is 0 Å². The Bertz CT molecular complexity index is 901. The van der Waals surface area contributed by atoms with Crippen LogP contribution in [0.3, 0.4) is 0 Å². The van der Waals surface area contributed by atoms with Crippen LogP contribution in [0.5, 0.6) is 0 Å². The molecule has 0 unspecified atom stereocenters. The van der Waals surface area contributed by atoms with Crippen molar-refractivity contribution >= 4 is 21.6 Å². The fourth-order valence-corrected chi connectivity index (χ4v) is 2.67. The molecule has 0 saturated carbocycles. The fourth-order valence-electron chi connectivity index (χ4n) is 2.03. The van der Waals surface area contributed by atoms with Crippen molar-refractivity contribution in [2.24, 2.45) is 5.14 Å². The van der Waals surface area contributed by atoms with Crippen LogP contribution in [-0.2, 0) is 10.0 Å². The van der Waals surface area contributed by atoms with Gasteiger partial charge in [-0.3, -0.25) is 0 Å². The number of nitrogens with two attached hydrogens (primary N) is 1. The highest BCUT2D eigenvalue weighted by Gasteiger charge is 2.08. The molecule has 0 bridgehead atoms. The highest BCUT2D eigenvalue weighted by Crippen LogP contribution is 2.21. The summed E-state index contributed by atoms with van der Waals surface area (Å²) in [7, 11) is -3.69. The van der Waals surface area contributed by atoms with E-state index < -0.39 is 10.0 Å². The van der Waals surface area contributed by atoms with Crippen molar-refractivity contribution in [2.75, 3.05) is 0 Å². The molecule has 112 valence electrons. The number of aromatic nitrogens is 2. The SMILES string of the molecule is NS(=O)(=O)c1ccc(-n2ccc(-c3ccc(Cl)cc3)n2)cc1. The van der Waals surface area contributed by atoms with Crippen LogP contribution < -0.4 is 5.14 Å². The number of hydrogen-bond acceptors (Lipinski definition) is 3. The van der Waals surface area contributed by atoms with Gasteiger partial charge in [0.05, 0.1) is 16.3 Å². The number of nitrogens with zero attached hydrogens (tertiary/aromatic N) is 2. The summed E-state index contributed by atoms with van der Waals surface area (Å²) in [6.07, 6.45) is 1.80. The predicted octanol–water partition coefficient (Wildman–Crippen LogP) is 2.84. The van der Waals surface area contributed by atoms with E-state index in [0.29, 0.717) is 5.02 Å². The van der Waals surface area contributed by atoms with Gasteiger partial charge >= 0.3 is 0 Å². The lowest BCUT2D eigenvalue weighted by Crippen LogP contribution is -2.12. The maximum absolute atomic E-state index is 11.2. The molecule has 0 aliphatic carbocycles. The molecule has 0 amide bonds. The number of primary sulfonamides is 1. The average Bonchev–Trinajstić information content (AvgIpc) is 2.97. The molecule has 7 heteroatoms. The first-order valence-corrected chi connectivity index (χ1v) is 8.31. The Hall–Kier alpha value is -2.15. The summed E-state index contributed by atoms with van der Waals surface area (Å²) in [5, 5.41) is 10.2. The van der Waals surface area contributed by atoms with Gasteiger partial charge in [0, 0.05) is 16.8 Å². The van der Waals surface area contributed by atoms with E-state index in [2.05, 4.69) is 5.10 Å². The van der Waals surface area contributed by atoms with Crippen LogP contribution >= 0.6 is 11.6 Å². The maximum atomic E-state index is 11.2. The van der Waals surface area contributed by atoms with Gasteiger partial charge in [-0.2, -0.15) is 5.10 Å². The minimum atomic E-state index is -3.69. The van der Waals surface area contributed by atoms with E-state index >= 15 is 0 Å². The van der Waals surface area contributed by atoms with Gasteiger partial charge in [0.15, 0.2) is 0 Å². The van der Waals surface area contributed by atoms with Crippen LogP contribution in [0.25, 0.3) is 16.9 Å². The lowest BCUT2D eigenvalue weighted by Gasteiger charge is -2.03. The Morgan fingerprint density at radius 3 is 2.18 bits per heavy atom. The third-order valence-electron chi connectivity index (χ3n) is 3.16. The molecule has 0 aliphatic heterocycles. The summed E-state index contributed by atoms with van der Waals surface area (Å²) in [6.45, 7) is 0. The van der Waals surface area contributed by atoms with Gasteiger partial charge in [-0.05, 0) is 42.5 Å². The van der Waals surface area contributed by atoms with Crippen molar-refractivity contribution in [3.63, 3.8) is 0 Å². The quantitative estimate of drug-likeness (QED) is 0.800. The molecule has 0 saturated heterocycles. The first-order chi connectivity index (χ1) is 10.4. The van der Waals surface area contributed by atoms with E-state index in [0.717, 1.165) is 16.9 Å². The second-order valence-corrected chi connectivity index (χ2v) is 6.69. The smallest absolute Gasteiger partial charge is 0.238 e. The Kier molecular flexibility index (Phi) is 3.74. The molecule has 1 aromatic heterocycles. The van der Waals surface area contributed by atoms with Gasteiger partial charge < -0.3 is 0 Å². The molecular weight excluding hydrogens is 322 g/mol. The van der Waals surface area contributed by atoms with Gasteiger partial charge in [0.2, 0.25) is 10.0 Å². The van der Waals surface area contributed by atoms with E-state index in [1.165, 1.54) is 12.1 Å². The molecule has 22 heavy (non-hydrogen) atoms. The van der Waals surface area contributed by atoms with E-state index in [4.69, 9.17) is 16.7 Å². The third-order valence-corrected chi connectivity index (χ3v) is 4.34. The minimum Gasteiger partial charge on any atom is -0.240 e. The molecule has 2 N–H and O–H groups in total. The zero-order chi connectivity index (χ0) is 15.7. The molecule has 0 spiro atoms. The van der Waals surface area contributed by atoms with Gasteiger partial charge in [0.1, 0.15) is 0 Å². The Labute approximate surface area is 133 Å². The molecule has 1 heterocycles. The number of rotatable bonds is 3. The highest BCUT2D eigenvalue weighted by atomic mass is 35.5. The molecule has 0 fully saturated rings. The van der Waals surface area contributed by atoms with Gasteiger partial charge in [-0.1, -0.05) is 23.7 Å². The first-order valence-electron chi connectivity index (χ1n) is 6.38. The summed E-state index contributed by atoms with van der Waals surface area (Å²) in [4.78, 5) is 0.0707. The molecule has 0 aliphatic rings. The zero-order valence-corrected chi connectivity index (χ0v) is 12.9. The summed E-state index contributed by atoms with van der Waals surface area (Å²) in [5.41, 5.74) is 2.49. The molecule has 3 rings (SSSR count). The monoisotopic (exact) mass is 333 g/mol. The van der Waals surface area contributed by atoms with Gasteiger partial charge in [-0.25, -0.2) is 18.2 Å². The Balaban J connectivity index is 1.92. The lowest BCUT2D eigenvalue weighted by atomic mass is 10.2. The topological polar surface area (TPSA) is 78.0 Å². The minimum absolute atomic E-state index is 0.0707. The summed E-state index contributed by atoms with van der Waals surface area (Å²) in [6, 6.07) is 15.5. The van der Waals surface area contributed by atoms with Crippen molar-refractivity contribution in [1.82, 2.24) is 9.78 Å². The summed E-state index contributed by atoms with van der Waals surface area (Å²) >= 11 is 5.87. The fraction of sp³-hybridized carbons (Fsp3) is 0. The van der Waals surface area contributed by atoms with Crippen molar-refractivity contribution in [1.29, 1.82) is 0 Å². The second-order valence-electron chi connectivity index (χ2n) is 4.69. The standard InChI is InChI=1S/C15H12ClN3O2S/c16-12-3-1-11(2-4-12)15-9-10-19(18-15)13-5-7-14(8-6-13)22(17,20)21/h1-10H,(H2,17,20,21). The summed E-state index contributed by atoms with van der Waals surface area (Å²) < 4.78 is 24.1. The largest absolute Gasteiger partial charge is 0.240 e. The van der Waals surface area contributed by atoms with Crippen LogP contribution in [-0.4, -0.2) is 18.2 Å². The number of benzene rings is 2. The lowest BCUT2D eigenvalue weighted by molar-refractivity contribution is 0.598. The van der Waals surface area contributed by atoms with Crippen molar-refractivity contribution in [3.8, 4) is 16.9 Å². The molecule has 3 aromatic rings. The van der Waals surface area contributed by atoms with E-state index in [9.17, 15) is 8.42 Å². The van der Waals surface area contributed by atoms with Crippen molar-refractivity contribution < 1.29 is 8.42 Å². The van der Waals surface area contributed by atoms with Gasteiger partial charge in [0.25, 0.3) is 0 Å². The molecular formula is C15H12ClN3O2S. The molecule has 2 aromatic carbocycles. The second kappa shape index (κ2) is 5.57. The summed E-state index contributed by atoms with van der Waals surface area (Å²) in [5.74, 6) is 0. The molecule has 0 atom stereocenters. The van der Waals surface area contributed by atoms with Crippen LogP contribution in [0, 0.1) is 0 Å². The highest BCUT2D eigenvalue weighted by molar-refractivity contribution is 7.89. The number of hydrogen-bond donors (Lipinski definition) is 1. The molecule has 0 radical (unpaired) electrons. The van der Waals surface area contributed by atoms with E-state index in [1.807, 2.05) is 18.2 Å².